The first-order valence-corrected chi connectivity index (χ1v) is 11.6. The number of morpholine rings is 1. The maximum Gasteiger partial charge on any atom is 0.221 e. The lowest BCUT2D eigenvalue weighted by Crippen LogP contribution is -3.14. The number of hydrogen-bond donors (Lipinski definition) is 2. The number of hydrogen-bond acceptors (Lipinski definition) is 4. The van der Waals surface area contributed by atoms with Crippen LogP contribution in [0.4, 0.5) is 0 Å². The average molecular weight is 418 g/mol. The number of carbonyl (C=O) groups excluding carboxylic acids is 1. The van der Waals surface area contributed by atoms with Crippen LogP contribution in [0.25, 0.3) is 0 Å². The van der Waals surface area contributed by atoms with Crippen molar-refractivity contribution in [1.29, 1.82) is 0 Å². The van der Waals surface area contributed by atoms with Gasteiger partial charge in [0.2, 0.25) is 5.91 Å². The third-order valence-corrected chi connectivity index (χ3v) is 6.94. The van der Waals surface area contributed by atoms with E-state index in [9.17, 15) is 13.2 Å². The van der Waals surface area contributed by atoms with E-state index >= 15 is 0 Å². The summed E-state index contributed by atoms with van der Waals surface area (Å²) >= 11 is 0. The van der Waals surface area contributed by atoms with Gasteiger partial charge in [-0.3, -0.25) is 4.79 Å². The Balaban J connectivity index is 1.62. The first-order chi connectivity index (χ1) is 13.9. The van der Waals surface area contributed by atoms with Gasteiger partial charge in [-0.15, -0.1) is 0 Å². The Morgan fingerprint density at radius 2 is 1.72 bits per heavy atom. The van der Waals surface area contributed by atoms with E-state index < -0.39 is 9.84 Å². The molecule has 1 aliphatic rings. The maximum absolute atomic E-state index is 12.6. The van der Waals surface area contributed by atoms with Gasteiger partial charge in [0, 0.05) is 6.42 Å². The van der Waals surface area contributed by atoms with Crippen LogP contribution in [0.3, 0.4) is 0 Å². The molecule has 156 valence electrons. The van der Waals surface area contributed by atoms with Crippen LogP contribution in [0.2, 0.25) is 0 Å². The molecule has 2 N–H and O–H groups in total. The molecule has 0 unspecified atom stereocenters. The number of ether oxygens (including phenoxy) is 1. The third-order valence-electron chi connectivity index (χ3n) is 5.21. The van der Waals surface area contributed by atoms with Crippen molar-refractivity contribution in [1.82, 2.24) is 5.32 Å². The van der Waals surface area contributed by atoms with Gasteiger partial charge in [-0.2, -0.15) is 0 Å². The molecule has 1 aliphatic heterocycles. The van der Waals surface area contributed by atoms with Gasteiger partial charge >= 0.3 is 0 Å². The minimum absolute atomic E-state index is 0.0576. The van der Waals surface area contributed by atoms with Crippen LogP contribution in [0.5, 0.6) is 0 Å². The lowest BCUT2D eigenvalue weighted by molar-refractivity contribution is -0.909. The Hall–Kier alpha value is -2.22. The number of quaternary nitrogens is 1. The van der Waals surface area contributed by atoms with Crippen molar-refractivity contribution >= 4 is 15.7 Å². The highest BCUT2D eigenvalue weighted by Gasteiger charge is 2.24. The Labute approximate surface area is 172 Å². The van der Waals surface area contributed by atoms with Crippen LogP contribution >= 0.6 is 0 Å². The van der Waals surface area contributed by atoms with E-state index in [0.29, 0.717) is 0 Å². The zero-order valence-corrected chi connectivity index (χ0v) is 17.6. The molecule has 1 amide bonds. The van der Waals surface area contributed by atoms with Crippen LogP contribution < -0.4 is 10.2 Å². The van der Waals surface area contributed by atoms with Gasteiger partial charge < -0.3 is 15.0 Å². The van der Waals surface area contributed by atoms with Crippen molar-refractivity contribution in [2.75, 3.05) is 38.6 Å². The molecule has 2 aromatic carbocycles. The zero-order valence-electron chi connectivity index (χ0n) is 16.8. The summed E-state index contributed by atoms with van der Waals surface area (Å²) in [6, 6.07) is 16.4. The van der Waals surface area contributed by atoms with Crippen molar-refractivity contribution in [2.24, 2.45) is 0 Å². The predicted octanol–water partition coefficient (Wildman–Crippen LogP) is 0.931. The Morgan fingerprint density at radius 1 is 1.07 bits per heavy atom. The molecule has 2 aromatic rings. The summed E-state index contributed by atoms with van der Waals surface area (Å²) in [5.41, 5.74) is 2.03. The molecular formula is C22H29N2O4S+. The molecule has 0 aliphatic carbocycles. The fourth-order valence-corrected chi connectivity index (χ4v) is 4.69. The largest absolute Gasteiger partial charge is 0.370 e. The van der Waals surface area contributed by atoms with E-state index in [1.54, 1.807) is 24.3 Å². The molecule has 29 heavy (non-hydrogen) atoms. The van der Waals surface area contributed by atoms with E-state index in [4.69, 9.17) is 4.74 Å². The summed E-state index contributed by atoms with van der Waals surface area (Å²) in [7, 11) is -3.48. The molecule has 1 saturated heterocycles. The Morgan fingerprint density at radius 3 is 2.38 bits per heavy atom. The SMILES string of the molecule is Cc1ccc(S(=O)(=O)CCC(=O)N[C@@H](C[NH+]2CCOCC2)c2ccccc2)cc1. The normalized spacial score (nSPS) is 16.3. The third kappa shape index (κ3) is 6.39. The quantitative estimate of drug-likeness (QED) is 0.670. The first-order valence-electron chi connectivity index (χ1n) is 9.99. The Kier molecular flexibility index (Phi) is 7.41. The molecule has 1 fully saturated rings. The van der Waals surface area contributed by atoms with Crippen LogP contribution in [0.15, 0.2) is 59.5 Å². The molecule has 3 rings (SSSR count). The highest BCUT2D eigenvalue weighted by molar-refractivity contribution is 7.91. The standard InChI is InChI=1S/C22H28N2O4S/c1-18-7-9-20(10-8-18)29(26,27)16-11-22(25)23-21(19-5-3-2-4-6-19)17-24-12-14-28-15-13-24/h2-10,21H,11-17H2,1H3,(H,23,25)/p+1/t21-/m0/s1. The van der Waals surface area contributed by atoms with E-state index in [1.165, 1.54) is 4.90 Å². The molecular weight excluding hydrogens is 388 g/mol. The van der Waals surface area contributed by atoms with Crippen molar-refractivity contribution in [3.05, 3.63) is 65.7 Å². The van der Waals surface area contributed by atoms with E-state index in [1.807, 2.05) is 37.3 Å². The van der Waals surface area contributed by atoms with E-state index in [-0.39, 0.29) is 29.0 Å². The minimum Gasteiger partial charge on any atom is -0.370 e. The summed E-state index contributed by atoms with van der Waals surface area (Å²) in [5.74, 6) is -0.449. The first kappa shape index (κ1) is 21.5. The second-order valence-electron chi connectivity index (χ2n) is 7.48. The summed E-state index contributed by atoms with van der Waals surface area (Å²) in [5, 5.41) is 3.05. The van der Waals surface area contributed by atoms with Gasteiger partial charge in [0.05, 0.1) is 23.9 Å². The van der Waals surface area contributed by atoms with E-state index in [0.717, 1.165) is 44.0 Å². The molecule has 1 atom stereocenters. The highest BCUT2D eigenvalue weighted by Crippen LogP contribution is 2.14. The number of aryl methyl sites for hydroxylation is 1. The number of rotatable bonds is 8. The van der Waals surface area contributed by atoms with Crippen LogP contribution in [0, 0.1) is 6.92 Å². The molecule has 0 spiro atoms. The second-order valence-corrected chi connectivity index (χ2v) is 9.59. The summed E-state index contributed by atoms with van der Waals surface area (Å²) in [6.07, 6.45) is -0.0576. The van der Waals surface area contributed by atoms with Gasteiger partial charge in [0.1, 0.15) is 25.7 Å². The van der Waals surface area contributed by atoms with Crippen LogP contribution in [-0.4, -0.2) is 52.9 Å². The van der Waals surface area contributed by atoms with Crippen LogP contribution in [0.1, 0.15) is 23.6 Å². The predicted molar refractivity (Wildman–Crippen MR) is 112 cm³/mol. The molecule has 0 radical (unpaired) electrons. The van der Waals surface area contributed by atoms with Crippen LogP contribution in [-0.2, 0) is 19.4 Å². The molecule has 0 aromatic heterocycles. The second kappa shape index (κ2) is 10.0. The Bertz CT molecular complexity index is 892. The minimum atomic E-state index is -3.48. The van der Waals surface area contributed by atoms with Crippen molar-refractivity contribution in [3.63, 3.8) is 0 Å². The van der Waals surface area contributed by atoms with Crippen molar-refractivity contribution < 1.29 is 22.8 Å². The smallest absolute Gasteiger partial charge is 0.221 e. The topological polar surface area (TPSA) is 76.9 Å². The zero-order chi connectivity index (χ0) is 20.7. The number of amides is 1. The van der Waals surface area contributed by atoms with Gasteiger partial charge in [0.15, 0.2) is 9.84 Å². The lowest BCUT2D eigenvalue weighted by Gasteiger charge is -2.28. The number of carbonyl (C=O) groups is 1. The van der Waals surface area contributed by atoms with Crippen molar-refractivity contribution in [3.8, 4) is 0 Å². The molecule has 7 heteroatoms. The average Bonchev–Trinajstić information content (AvgIpc) is 2.74. The summed E-state index contributed by atoms with van der Waals surface area (Å²) in [4.78, 5) is 14.2. The monoisotopic (exact) mass is 417 g/mol. The summed E-state index contributed by atoms with van der Waals surface area (Å²) in [6.45, 7) is 5.91. The molecule has 6 nitrogen and oxygen atoms in total. The van der Waals surface area contributed by atoms with Gasteiger partial charge in [0.25, 0.3) is 0 Å². The fourth-order valence-electron chi connectivity index (χ4n) is 3.45. The summed E-state index contributed by atoms with van der Waals surface area (Å²) < 4.78 is 30.5. The molecule has 0 saturated carbocycles. The molecule has 0 bridgehead atoms. The maximum atomic E-state index is 12.6. The van der Waals surface area contributed by atoms with Gasteiger partial charge in [-0.1, -0.05) is 48.0 Å². The number of sulfone groups is 1. The lowest BCUT2D eigenvalue weighted by atomic mass is 10.1. The van der Waals surface area contributed by atoms with Crippen molar-refractivity contribution in [2.45, 2.75) is 24.3 Å². The van der Waals surface area contributed by atoms with Gasteiger partial charge in [-0.05, 0) is 24.6 Å². The molecule has 1 heterocycles. The van der Waals surface area contributed by atoms with Gasteiger partial charge in [-0.25, -0.2) is 8.42 Å². The van der Waals surface area contributed by atoms with E-state index in [2.05, 4.69) is 5.32 Å². The highest BCUT2D eigenvalue weighted by atomic mass is 32.2. The number of nitrogens with one attached hydrogen (secondary N) is 2. The number of benzene rings is 2. The fraction of sp³-hybridized carbons (Fsp3) is 0.409.